The van der Waals surface area contributed by atoms with E-state index in [-0.39, 0.29) is 11.9 Å². The van der Waals surface area contributed by atoms with Crippen molar-refractivity contribution >= 4 is 11.9 Å². The molecule has 22 heavy (non-hydrogen) atoms. The number of guanidine groups is 1. The molecule has 1 atom stereocenters. The molecule has 6 heteroatoms. The minimum atomic E-state index is -0.469. The van der Waals surface area contributed by atoms with Crippen molar-refractivity contribution in [2.45, 2.75) is 77.2 Å². The zero-order valence-electron chi connectivity index (χ0n) is 14.2. The second-order valence-corrected chi connectivity index (χ2v) is 5.82. The van der Waals surface area contributed by atoms with Crippen molar-refractivity contribution in [2.75, 3.05) is 13.1 Å². The van der Waals surface area contributed by atoms with Crippen molar-refractivity contribution in [3.8, 4) is 0 Å². The second kappa shape index (κ2) is 14.6. The molecular formula is C16H35N5O. The first kappa shape index (κ1) is 20.7. The van der Waals surface area contributed by atoms with Crippen LogP contribution in [0.5, 0.6) is 0 Å². The molecule has 7 N–H and O–H groups in total. The molecule has 0 rings (SSSR count). The van der Waals surface area contributed by atoms with Crippen LogP contribution >= 0.6 is 0 Å². The Morgan fingerprint density at radius 2 is 1.59 bits per heavy atom. The molecule has 0 unspecified atom stereocenters. The van der Waals surface area contributed by atoms with E-state index >= 15 is 0 Å². The lowest BCUT2D eigenvalue weighted by Gasteiger charge is -2.11. The summed E-state index contributed by atoms with van der Waals surface area (Å²) in [7, 11) is 0. The van der Waals surface area contributed by atoms with E-state index in [1.807, 2.05) is 0 Å². The fourth-order valence-electron chi connectivity index (χ4n) is 2.25. The third-order valence-corrected chi connectivity index (χ3v) is 3.63. The van der Waals surface area contributed by atoms with Gasteiger partial charge in [-0.2, -0.15) is 0 Å². The summed E-state index contributed by atoms with van der Waals surface area (Å²) in [6, 6.07) is -0.469. The maximum atomic E-state index is 11.8. The minimum absolute atomic E-state index is 0.0763. The molecule has 0 radical (unpaired) electrons. The molecule has 0 aromatic heterocycles. The standard InChI is InChI=1S/C16H35N5O/c1-2-3-4-5-6-7-8-9-12-20-15(22)14(17)11-10-13-21-16(18)19/h14H,2-13,17H2,1H3,(H,20,22)(H4,18,19,21)/t14-/m0/s1. The van der Waals surface area contributed by atoms with Crippen LogP contribution in [-0.2, 0) is 4.79 Å². The summed E-state index contributed by atoms with van der Waals surface area (Å²) < 4.78 is 0. The summed E-state index contributed by atoms with van der Waals surface area (Å²) >= 11 is 0. The molecule has 0 bridgehead atoms. The van der Waals surface area contributed by atoms with Gasteiger partial charge in [0, 0.05) is 13.1 Å². The Morgan fingerprint density at radius 1 is 1.00 bits per heavy atom. The molecular weight excluding hydrogens is 278 g/mol. The van der Waals surface area contributed by atoms with Gasteiger partial charge in [-0.05, 0) is 19.3 Å². The largest absolute Gasteiger partial charge is 0.370 e. The van der Waals surface area contributed by atoms with Gasteiger partial charge < -0.3 is 22.5 Å². The number of amides is 1. The minimum Gasteiger partial charge on any atom is -0.370 e. The van der Waals surface area contributed by atoms with E-state index in [9.17, 15) is 4.79 Å². The van der Waals surface area contributed by atoms with Gasteiger partial charge in [-0.1, -0.05) is 51.9 Å². The van der Waals surface area contributed by atoms with Crippen LogP contribution in [0.3, 0.4) is 0 Å². The van der Waals surface area contributed by atoms with E-state index in [2.05, 4.69) is 17.2 Å². The van der Waals surface area contributed by atoms with Crippen LogP contribution in [0, 0.1) is 0 Å². The smallest absolute Gasteiger partial charge is 0.236 e. The number of aliphatic imine (C=N–C) groups is 1. The molecule has 0 saturated carbocycles. The number of unbranched alkanes of at least 4 members (excludes halogenated alkanes) is 7. The van der Waals surface area contributed by atoms with E-state index in [0.29, 0.717) is 19.4 Å². The molecule has 0 aromatic carbocycles. The topological polar surface area (TPSA) is 120 Å². The Balaban J connectivity index is 3.42. The highest BCUT2D eigenvalue weighted by atomic mass is 16.2. The normalized spacial score (nSPS) is 11.9. The first-order valence-electron chi connectivity index (χ1n) is 8.66. The van der Waals surface area contributed by atoms with E-state index in [1.54, 1.807) is 0 Å². The molecule has 0 aliphatic carbocycles. The second-order valence-electron chi connectivity index (χ2n) is 5.82. The lowest BCUT2D eigenvalue weighted by molar-refractivity contribution is -0.122. The number of carbonyl (C=O) groups excluding carboxylic acids is 1. The van der Waals surface area contributed by atoms with Crippen LogP contribution in [0.2, 0.25) is 0 Å². The summed E-state index contributed by atoms with van der Waals surface area (Å²) in [6.07, 6.45) is 11.4. The average molecular weight is 313 g/mol. The molecule has 0 spiro atoms. The van der Waals surface area contributed by atoms with Crippen LogP contribution in [0.4, 0.5) is 0 Å². The van der Waals surface area contributed by atoms with Crippen LogP contribution < -0.4 is 22.5 Å². The third kappa shape index (κ3) is 13.7. The molecule has 6 nitrogen and oxygen atoms in total. The van der Waals surface area contributed by atoms with Gasteiger partial charge in [0.1, 0.15) is 0 Å². The van der Waals surface area contributed by atoms with Gasteiger partial charge >= 0.3 is 0 Å². The maximum absolute atomic E-state index is 11.8. The Labute approximate surface area is 135 Å². The van der Waals surface area contributed by atoms with Gasteiger partial charge in [-0.25, -0.2) is 0 Å². The summed E-state index contributed by atoms with van der Waals surface area (Å²) in [5, 5.41) is 2.89. The fraction of sp³-hybridized carbons (Fsp3) is 0.875. The maximum Gasteiger partial charge on any atom is 0.236 e. The number of nitrogens with two attached hydrogens (primary N) is 3. The number of rotatable bonds is 14. The average Bonchev–Trinajstić information content (AvgIpc) is 2.49. The third-order valence-electron chi connectivity index (χ3n) is 3.63. The van der Waals surface area contributed by atoms with Crippen LogP contribution in [0.15, 0.2) is 4.99 Å². The summed E-state index contributed by atoms with van der Waals surface area (Å²) in [5.74, 6) is 0.000336. The highest BCUT2D eigenvalue weighted by Crippen LogP contribution is 2.07. The highest BCUT2D eigenvalue weighted by molar-refractivity contribution is 5.81. The van der Waals surface area contributed by atoms with Gasteiger partial charge in [0.2, 0.25) is 5.91 Å². The van der Waals surface area contributed by atoms with Crippen molar-refractivity contribution < 1.29 is 4.79 Å². The van der Waals surface area contributed by atoms with Gasteiger partial charge in [0.05, 0.1) is 6.04 Å². The molecule has 130 valence electrons. The first-order valence-corrected chi connectivity index (χ1v) is 8.66. The highest BCUT2D eigenvalue weighted by Gasteiger charge is 2.11. The molecule has 0 heterocycles. The summed E-state index contributed by atoms with van der Waals surface area (Å²) in [6.45, 7) is 3.46. The quantitative estimate of drug-likeness (QED) is 0.221. The Hall–Kier alpha value is -1.30. The predicted octanol–water partition coefficient (Wildman–Crippen LogP) is 1.62. The van der Waals surface area contributed by atoms with Crippen molar-refractivity contribution in [3.63, 3.8) is 0 Å². The zero-order valence-corrected chi connectivity index (χ0v) is 14.2. The molecule has 0 saturated heterocycles. The SMILES string of the molecule is CCCCCCCCCCNC(=O)[C@@H](N)CCCN=C(N)N. The fourth-order valence-corrected chi connectivity index (χ4v) is 2.25. The molecule has 0 aliphatic rings. The zero-order chi connectivity index (χ0) is 16.6. The number of nitrogens with one attached hydrogen (secondary N) is 1. The predicted molar refractivity (Wildman–Crippen MR) is 93.5 cm³/mol. The van der Waals surface area contributed by atoms with Crippen LogP contribution in [0.25, 0.3) is 0 Å². The van der Waals surface area contributed by atoms with E-state index in [0.717, 1.165) is 13.0 Å². The van der Waals surface area contributed by atoms with Crippen molar-refractivity contribution in [3.05, 3.63) is 0 Å². The number of hydrogen-bond donors (Lipinski definition) is 4. The lowest BCUT2D eigenvalue weighted by Crippen LogP contribution is -2.41. The van der Waals surface area contributed by atoms with Crippen molar-refractivity contribution in [1.82, 2.24) is 5.32 Å². The lowest BCUT2D eigenvalue weighted by atomic mass is 10.1. The number of nitrogens with zero attached hydrogens (tertiary/aromatic N) is 1. The monoisotopic (exact) mass is 313 g/mol. The molecule has 0 aromatic rings. The number of hydrogen-bond acceptors (Lipinski definition) is 3. The van der Waals surface area contributed by atoms with Crippen LogP contribution in [-0.4, -0.2) is 31.0 Å². The van der Waals surface area contributed by atoms with Crippen molar-refractivity contribution in [1.29, 1.82) is 0 Å². The molecule has 1 amide bonds. The van der Waals surface area contributed by atoms with Gasteiger partial charge in [0.15, 0.2) is 5.96 Å². The van der Waals surface area contributed by atoms with E-state index < -0.39 is 6.04 Å². The van der Waals surface area contributed by atoms with E-state index in [1.165, 1.54) is 44.9 Å². The van der Waals surface area contributed by atoms with Gasteiger partial charge in [-0.3, -0.25) is 9.79 Å². The Bertz CT molecular complexity index is 303. The molecule has 0 fully saturated rings. The Morgan fingerprint density at radius 3 is 2.18 bits per heavy atom. The van der Waals surface area contributed by atoms with Gasteiger partial charge in [0.25, 0.3) is 0 Å². The van der Waals surface area contributed by atoms with E-state index in [4.69, 9.17) is 17.2 Å². The molecule has 0 aliphatic heterocycles. The van der Waals surface area contributed by atoms with Crippen LogP contribution in [0.1, 0.15) is 71.1 Å². The summed E-state index contributed by atoms with van der Waals surface area (Å²) in [5.41, 5.74) is 16.3. The summed E-state index contributed by atoms with van der Waals surface area (Å²) in [4.78, 5) is 15.6. The first-order chi connectivity index (χ1) is 10.6. The van der Waals surface area contributed by atoms with Crippen molar-refractivity contribution in [2.24, 2.45) is 22.2 Å². The number of carbonyl (C=O) groups is 1. The van der Waals surface area contributed by atoms with Gasteiger partial charge in [-0.15, -0.1) is 0 Å². The Kier molecular flexibility index (Phi) is 13.8.